The Hall–Kier alpha value is -1.39. The third-order valence-corrected chi connectivity index (χ3v) is 4.17. The second kappa shape index (κ2) is 10.5. The van der Waals surface area contributed by atoms with Gasteiger partial charge in [0.05, 0.1) is 24.0 Å². The van der Waals surface area contributed by atoms with Gasteiger partial charge in [0, 0.05) is 12.8 Å². The van der Waals surface area contributed by atoms with Gasteiger partial charge < -0.3 is 9.47 Å². The smallest absolute Gasteiger partial charge is 0.311 e. The van der Waals surface area contributed by atoms with Crippen molar-refractivity contribution in [3.05, 3.63) is 0 Å². The molecule has 24 heavy (non-hydrogen) atoms. The van der Waals surface area contributed by atoms with Crippen LogP contribution in [0.3, 0.4) is 0 Å². The van der Waals surface area contributed by atoms with Crippen LogP contribution >= 0.6 is 0 Å². The molecule has 0 aromatic carbocycles. The number of carbonyl (C=O) groups is 3. The van der Waals surface area contributed by atoms with E-state index in [0.717, 1.165) is 0 Å². The minimum Gasteiger partial charge on any atom is -0.466 e. The van der Waals surface area contributed by atoms with E-state index in [1.54, 1.807) is 13.8 Å². The summed E-state index contributed by atoms with van der Waals surface area (Å²) in [5, 5.41) is 0. The normalized spacial score (nSPS) is 11.9. The standard InChI is InChI=1S/C19H34O5/c1-7-23-16(21)18(3,4)13-9-11-15(20)12-10-14-19(5,6)17(22)24-8-2/h7-14H2,1-6H3. The number of carbonyl (C=O) groups excluding carboxylic acids is 3. The van der Waals surface area contributed by atoms with Crippen molar-refractivity contribution in [3.63, 3.8) is 0 Å². The Kier molecular flexibility index (Phi) is 9.86. The number of hydrogen-bond donors (Lipinski definition) is 0. The zero-order chi connectivity index (χ0) is 18.8. The lowest BCUT2D eigenvalue weighted by atomic mass is 9.85. The van der Waals surface area contributed by atoms with Crippen LogP contribution in [0.2, 0.25) is 0 Å². The van der Waals surface area contributed by atoms with Crippen molar-refractivity contribution in [2.75, 3.05) is 13.2 Å². The minimum absolute atomic E-state index is 0.175. The van der Waals surface area contributed by atoms with Crippen molar-refractivity contribution in [1.82, 2.24) is 0 Å². The second-order valence-corrected chi connectivity index (χ2v) is 7.45. The number of ketones is 1. The van der Waals surface area contributed by atoms with Gasteiger partial charge in [-0.2, -0.15) is 0 Å². The van der Waals surface area contributed by atoms with Gasteiger partial charge in [0.2, 0.25) is 0 Å². The number of esters is 2. The first-order valence-corrected chi connectivity index (χ1v) is 8.93. The molecule has 140 valence electrons. The van der Waals surface area contributed by atoms with E-state index in [9.17, 15) is 14.4 Å². The Morgan fingerprint density at radius 1 is 0.708 bits per heavy atom. The van der Waals surface area contributed by atoms with Crippen LogP contribution in [0.1, 0.15) is 80.1 Å². The lowest BCUT2D eigenvalue weighted by Gasteiger charge is -2.22. The molecule has 0 aliphatic rings. The van der Waals surface area contributed by atoms with Gasteiger partial charge >= 0.3 is 11.9 Å². The van der Waals surface area contributed by atoms with Gasteiger partial charge in [-0.1, -0.05) is 0 Å². The van der Waals surface area contributed by atoms with E-state index < -0.39 is 10.8 Å². The molecule has 0 unspecified atom stereocenters. The van der Waals surface area contributed by atoms with E-state index in [1.165, 1.54) is 0 Å². The predicted octanol–water partition coefficient (Wildman–Crippen LogP) is 4.07. The van der Waals surface area contributed by atoms with Crippen molar-refractivity contribution >= 4 is 17.7 Å². The quantitative estimate of drug-likeness (QED) is 0.500. The Morgan fingerprint density at radius 2 is 1.04 bits per heavy atom. The molecular weight excluding hydrogens is 308 g/mol. The summed E-state index contributed by atoms with van der Waals surface area (Å²) >= 11 is 0. The van der Waals surface area contributed by atoms with Crippen LogP contribution in [0.15, 0.2) is 0 Å². The fourth-order valence-electron chi connectivity index (χ4n) is 2.44. The maximum atomic E-state index is 12.0. The molecule has 0 saturated carbocycles. The van der Waals surface area contributed by atoms with Gasteiger partial charge in [0.1, 0.15) is 5.78 Å². The summed E-state index contributed by atoms with van der Waals surface area (Å²) in [5.41, 5.74) is -1.11. The molecule has 0 saturated heterocycles. The number of rotatable bonds is 12. The van der Waals surface area contributed by atoms with E-state index in [0.29, 0.717) is 51.7 Å². The summed E-state index contributed by atoms with van der Waals surface area (Å²) in [6.45, 7) is 11.7. The van der Waals surface area contributed by atoms with Gasteiger partial charge in [0.15, 0.2) is 0 Å². The van der Waals surface area contributed by atoms with Crippen molar-refractivity contribution in [2.45, 2.75) is 80.1 Å². The Bertz CT molecular complexity index is 385. The van der Waals surface area contributed by atoms with Gasteiger partial charge in [-0.05, 0) is 67.2 Å². The summed E-state index contributed by atoms with van der Waals surface area (Å²) in [7, 11) is 0. The van der Waals surface area contributed by atoms with Crippen molar-refractivity contribution in [1.29, 1.82) is 0 Å². The van der Waals surface area contributed by atoms with Crippen LogP contribution in [0.4, 0.5) is 0 Å². The Labute approximate surface area is 146 Å². The molecule has 5 nitrogen and oxygen atoms in total. The molecule has 5 heteroatoms. The first-order valence-electron chi connectivity index (χ1n) is 8.93. The second-order valence-electron chi connectivity index (χ2n) is 7.45. The van der Waals surface area contributed by atoms with Crippen molar-refractivity contribution in [2.24, 2.45) is 10.8 Å². The number of ether oxygens (including phenoxy) is 2. The highest BCUT2D eigenvalue weighted by atomic mass is 16.5. The van der Waals surface area contributed by atoms with E-state index in [-0.39, 0.29) is 17.7 Å². The highest BCUT2D eigenvalue weighted by Gasteiger charge is 2.30. The summed E-state index contributed by atoms with van der Waals surface area (Å²) in [5.74, 6) is -0.253. The molecule has 0 radical (unpaired) electrons. The largest absolute Gasteiger partial charge is 0.466 e. The predicted molar refractivity (Wildman–Crippen MR) is 93.5 cm³/mol. The Balaban J connectivity index is 4.08. The summed E-state index contributed by atoms with van der Waals surface area (Å²) in [6.07, 6.45) is 3.53. The molecule has 0 aromatic rings. The molecule has 0 aromatic heterocycles. The molecule has 0 rings (SSSR count). The molecule has 0 spiro atoms. The van der Waals surface area contributed by atoms with Gasteiger partial charge in [-0.15, -0.1) is 0 Å². The third kappa shape index (κ3) is 8.46. The van der Waals surface area contributed by atoms with Crippen LogP contribution in [0, 0.1) is 10.8 Å². The van der Waals surface area contributed by atoms with Gasteiger partial charge in [-0.25, -0.2) is 0 Å². The molecule has 0 aliphatic heterocycles. The van der Waals surface area contributed by atoms with Crippen molar-refractivity contribution < 1.29 is 23.9 Å². The maximum absolute atomic E-state index is 12.0. The molecule has 0 bridgehead atoms. The Morgan fingerprint density at radius 3 is 1.33 bits per heavy atom. The lowest BCUT2D eigenvalue weighted by molar-refractivity contribution is -0.154. The van der Waals surface area contributed by atoms with Crippen LogP contribution in [0.5, 0.6) is 0 Å². The highest BCUT2D eigenvalue weighted by molar-refractivity contribution is 5.79. The monoisotopic (exact) mass is 342 g/mol. The molecule has 0 atom stereocenters. The molecule has 0 N–H and O–H groups in total. The van der Waals surface area contributed by atoms with E-state index in [4.69, 9.17) is 9.47 Å². The fourth-order valence-corrected chi connectivity index (χ4v) is 2.44. The highest BCUT2D eigenvalue weighted by Crippen LogP contribution is 2.27. The SMILES string of the molecule is CCOC(=O)C(C)(C)CCCC(=O)CCCC(C)(C)C(=O)OCC. The topological polar surface area (TPSA) is 69.7 Å². The number of Topliss-reactive ketones (excluding diaryl/α,β-unsaturated/α-hetero) is 1. The molecule has 0 fully saturated rings. The molecule has 0 aliphatic carbocycles. The number of hydrogen-bond acceptors (Lipinski definition) is 5. The summed E-state index contributed by atoms with van der Waals surface area (Å²) in [4.78, 5) is 35.6. The van der Waals surface area contributed by atoms with Gasteiger partial charge in [-0.3, -0.25) is 14.4 Å². The maximum Gasteiger partial charge on any atom is 0.311 e. The van der Waals surface area contributed by atoms with Crippen molar-refractivity contribution in [3.8, 4) is 0 Å². The first-order chi connectivity index (χ1) is 11.1. The van der Waals surface area contributed by atoms with E-state index in [1.807, 2.05) is 27.7 Å². The average molecular weight is 342 g/mol. The minimum atomic E-state index is -0.553. The zero-order valence-corrected chi connectivity index (χ0v) is 16.2. The lowest BCUT2D eigenvalue weighted by Crippen LogP contribution is -2.27. The molecular formula is C19H34O5. The molecule has 0 amide bonds. The van der Waals surface area contributed by atoms with Crippen LogP contribution in [-0.4, -0.2) is 30.9 Å². The fraction of sp³-hybridized carbons (Fsp3) is 0.842. The van der Waals surface area contributed by atoms with Gasteiger partial charge in [0.25, 0.3) is 0 Å². The van der Waals surface area contributed by atoms with Crippen LogP contribution < -0.4 is 0 Å². The molecule has 0 heterocycles. The summed E-state index contributed by atoms with van der Waals surface area (Å²) < 4.78 is 10.1. The average Bonchev–Trinajstić information content (AvgIpc) is 2.47. The van der Waals surface area contributed by atoms with Crippen LogP contribution in [-0.2, 0) is 23.9 Å². The van der Waals surface area contributed by atoms with Crippen LogP contribution in [0.25, 0.3) is 0 Å². The van der Waals surface area contributed by atoms with E-state index >= 15 is 0 Å². The third-order valence-electron chi connectivity index (χ3n) is 4.17. The first kappa shape index (κ1) is 22.6. The summed E-state index contributed by atoms with van der Waals surface area (Å²) in [6, 6.07) is 0. The zero-order valence-electron chi connectivity index (χ0n) is 16.2. The van der Waals surface area contributed by atoms with E-state index in [2.05, 4.69) is 0 Å².